The zero-order chi connectivity index (χ0) is 24.4. The van der Waals surface area contributed by atoms with E-state index in [0.29, 0.717) is 31.0 Å². The van der Waals surface area contributed by atoms with Gasteiger partial charge in [0.2, 0.25) is 5.91 Å². The van der Waals surface area contributed by atoms with E-state index in [2.05, 4.69) is 20.7 Å². The number of methoxy groups -OCH3 is 1. The summed E-state index contributed by atoms with van der Waals surface area (Å²) in [5.74, 6) is 1.07. The van der Waals surface area contributed by atoms with Gasteiger partial charge in [-0.1, -0.05) is 24.3 Å². The minimum absolute atomic E-state index is 0.0107. The second-order valence-corrected chi connectivity index (χ2v) is 11.0. The smallest absolute Gasteiger partial charge is 0.285 e. The first-order valence-corrected chi connectivity index (χ1v) is 13.8. The van der Waals surface area contributed by atoms with Crippen molar-refractivity contribution in [3.63, 3.8) is 0 Å². The molecule has 3 aliphatic rings. The number of sulfonamides is 1. The van der Waals surface area contributed by atoms with E-state index >= 15 is 0 Å². The summed E-state index contributed by atoms with van der Waals surface area (Å²) in [5, 5.41) is 3.21. The quantitative estimate of drug-likeness (QED) is 0.661. The van der Waals surface area contributed by atoms with Gasteiger partial charge >= 0.3 is 0 Å². The zero-order valence-electron chi connectivity index (χ0n) is 20.0. The topological polar surface area (TPSA) is 91.3 Å². The summed E-state index contributed by atoms with van der Waals surface area (Å²) >= 11 is 0. The third-order valence-electron chi connectivity index (χ3n) is 7.23. The van der Waals surface area contributed by atoms with E-state index in [1.165, 1.54) is 12.8 Å². The van der Waals surface area contributed by atoms with Crippen LogP contribution in [0.1, 0.15) is 42.9 Å². The van der Waals surface area contributed by atoms with E-state index in [4.69, 9.17) is 4.74 Å². The second-order valence-electron chi connectivity index (χ2n) is 9.45. The van der Waals surface area contributed by atoms with Crippen molar-refractivity contribution in [1.29, 1.82) is 0 Å². The molecule has 0 spiro atoms. The lowest BCUT2D eigenvalue weighted by Crippen LogP contribution is -2.47. The molecule has 0 unspecified atom stereocenters. The molecule has 2 saturated heterocycles. The number of piperidine rings is 1. The highest BCUT2D eigenvalue weighted by Crippen LogP contribution is 2.30. The Balaban J connectivity index is 1.28. The maximum absolute atomic E-state index is 13.3. The lowest BCUT2D eigenvalue weighted by Gasteiger charge is -2.34. The Hall–Kier alpha value is -2.91. The maximum Gasteiger partial charge on any atom is 0.285 e. The third kappa shape index (κ3) is 4.92. The van der Waals surface area contributed by atoms with Gasteiger partial charge in [-0.15, -0.1) is 4.40 Å². The van der Waals surface area contributed by atoms with Gasteiger partial charge < -0.3 is 15.0 Å². The fourth-order valence-electron chi connectivity index (χ4n) is 5.40. The molecule has 2 aromatic carbocycles. The highest BCUT2D eigenvalue weighted by molar-refractivity contribution is 7.90. The molecule has 35 heavy (non-hydrogen) atoms. The Bertz CT molecular complexity index is 1220. The van der Waals surface area contributed by atoms with Crippen molar-refractivity contribution in [2.45, 2.75) is 36.6 Å². The molecule has 1 N–H and O–H groups in total. The molecule has 2 atom stereocenters. The average molecular weight is 497 g/mol. The molecule has 0 bridgehead atoms. The first-order valence-electron chi connectivity index (χ1n) is 12.3. The van der Waals surface area contributed by atoms with Gasteiger partial charge in [0, 0.05) is 25.2 Å². The van der Waals surface area contributed by atoms with E-state index in [-0.39, 0.29) is 22.8 Å². The normalized spacial score (nSPS) is 22.4. The van der Waals surface area contributed by atoms with Crippen LogP contribution in [0.4, 0.5) is 0 Å². The highest BCUT2D eigenvalue weighted by atomic mass is 32.2. The summed E-state index contributed by atoms with van der Waals surface area (Å²) in [7, 11) is -2.01. The van der Waals surface area contributed by atoms with Gasteiger partial charge in [-0.2, -0.15) is 8.42 Å². The molecule has 3 heterocycles. The predicted octanol–water partition coefficient (Wildman–Crippen LogP) is 2.81. The molecular weight excluding hydrogens is 464 g/mol. The van der Waals surface area contributed by atoms with Gasteiger partial charge in [-0.25, -0.2) is 0 Å². The fourth-order valence-corrected chi connectivity index (χ4v) is 6.63. The van der Waals surface area contributed by atoms with Crippen molar-refractivity contribution in [2.24, 2.45) is 10.3 Å². The molecule has 2 fully saturated rings. The number of benzene rings is 2. The third-order valence-corrected chi connectivity index (χ3v) is 8.56. The Kier molecular flexibility index (Phi) is 6.80. The molecule has 9 heteroatoms. The summed E-state index contributed by atoms with van der Waals surface area (Å²) < 4.78 is 34.5. The van der Waals surface area contributed by atoms with Crippen molar-refractivity contribution >= 4 is 21.8 Å². The summed E-state index contributed by atoms with van der Waals surface area (Å²) in [5.41, 5.74) is 1.76. The molecule has 2 aromatic rings. The van der Waals surface area contributed by atoms with E-state index in [0.717, 1.165) is 37.2 Å². The molecule has 8 nitrogen and oxygen atoms in total. The number of ether oxygens (including phenoxy) is 1. The zero-order valence-corrected chi connectivity index (χ0v) is 20.8. The maximum atomic E-state index is 13.3. The van der Waals surface area contributed by atoms with E-state index < -0.39 is 10.0 Å². The number of hydrogen-bond donors (Lipinski definition) is 1. The standard InChI is InChI=1S/C26H32N4O4S/c1-34-21-10-6-8-19(16-21)23(29-13-4-5-14-29)17-27-26(31)20-9-7-15-30(18-20)25-22-11-2-3-12-24(22)35(32,33)28-25/h2-3,6,8,10-12,16,20,23H,4-5,7,9,13-15,17-18H2,1H3,(H,27,31)/t20-,23-/m1/s1. The summed E-state index contributed by atoms with van der Waals surface area (Å²) in [6, 6.07) is 15.1. The molecule has 3 aliphatic heterocycles. The van der Waals surface area contributed by atoms with Crippen molar-refractivity contribution < 1.29 is 17.9 Å². The van der Waals surface area contributed by atoms with E-state index in [1.54, 1.807) is 25.3 Å². The Morgan fingerprint density at radius 2 is 1.91 bits per heavy atom. The Morgan fingerprint density at radius 1 is 1.11 bits per heavy atom. The minimum Gasteiger partial charge on any atom is -0.497 e. The fraction of sp³-hybridized carbons (Fsp3) is 0.462. The number of fused-ring (bicyclic) bond motifs is 1. The molecule has 0 aliphatic carbocycles. The van der Waals surface area contributed by atoms with Gasteiger partial charge in [-0.05, 0) is 68.6 Å². The summed E-state index contributed by atoms with van der Waals surface area (Å²) in [6.07, 6.45) is 3.92. The second kappa shape index (κ2) is 9.99. The van der Waals surface area contributed by atoms with Crippen LogP contribution in [0.3, 0.4) is 0 Å². The van der Waals surface area contributed by atoms with Crippen LogP contribution in [-0.4, -0.2) is 69.8 Å². The van der Waals surface area contributed by atoms with Crippen LogP contribution < -0.4 is 10.1 Å². The van der Waals surface area contributed by atoms with Gasteiger partial charge in [0.15, 0.2) is 5.84 Å². The van der Waals surface area contributed by atoms with Crippen LogP contribution in [0, 0.1) is 5.92 Å². The first kappa shape index (κ1) is 23.8. The number of rotatable bonds is 6. The van der Waals surface area contributed by atoms with Crippen LogP contribution in [-0.2, 0) is 14.8 Å². The Morgan fingerprint density at radius 3 is 2.71 bits per heavy atom. The lowest BCUT2D eigenvalue weighted by molar-refractivity contribution is -0.126. The molecule has 0 radical (unpaired) electrons. The van der Waals surface area contributed by atoms with Crippen LogP contribution >= 0.6 is 0 Å². The van der Waals surface area contributed by atoms with Crippen molar-refractivity contribution in [1.82, 2.24) is 15.1 Å². The SMILES string of the molecule is COc1cccc([C@@H](CNC(=O)[C@@H]2CCCN(C3=NS(=O)(=O)c4ccccc43)C2)N2CCCC2)c1. The van der Waals surface area contributed by atoms with Gasteiger partial charge in [0.05, 0.1) is 19.1 Å². The number of amides is 1. The number of hydrogen-bond acceptors (Lipinski definition) is 6. The predicted molar refractivity (Wildman–Crippen MR) is 134 cm³/mol. The summed E-state index contributed by atoms with van der Waals surface area (Å²) in [6.45, 7) is 3.71. The number of carbonyl (C=O) groups is 1. The van der Waals surface area contributed by atoms with Gasteiger partial charge in [0.1, 0.15) is 10.6 Å². The van der Waals surface area contributed by atoms with Crippen LogP contribution in [0.2, 0.25) is 0 Å². The van der Waals surface area contributed by atoms with Crippen molar-refractivity contribution in [2.75, 3.05) is 39.8 Å². The number of amidine groups is 1. The number of likely N-dealkylation sites (tertiary alicyclic amines) is 2. The average Bonchev–Trinajstić information content (AvgIpc) is 3.51. The summed E-state index contributed by atoms with van der Waals surface area (Å²) in [4.78, 5) is 17.9. The van der Waals surface area contributed by atoms with Gasteiger partial charge in [0.25, 0.3) is 10.0 Å². The number of carbonyl (C=O) groups excluding carboxylic acids is 1. The minimum atomic E-state index is -3.68. The van der Waals surface area contributed by atoms with E-state index in [9.17, 15) is 13.2 Å². The largest absolute Gasteiger partial charge is 0.497 e. The molecular formula is C26H32N4O4S. The Labute approximate surface area is 207 Å². The lowest BCUT2D eigenvalue weighted by atomic mass is 9.96. The van der Waals surface area contributed by atoms with Crippen LogP contribution in [0.25, 0.3) is 0 Å². The highest BCUT2D eigenvalue weighted by Gasteiger charge is 2.35. The molecule has 0 saturated carbocycles. The van der Waals surface area contributed by atoms with Crippen LogP contribution in [0.5, 0.6) is 5.75 Å². The van der Waals surface area contributed by atoms with E-state index in [1.807, 2.05) is 29.2 Å². The first-order chi connectivity index (χ1) is 17.0. The molecule has 1 amide bonds. The van der Waals surface area contributed by atoms with Crippen molar-refractivity contribution in [3.05, 3.63) is 59.7 Å². The number of nitrogens with one attached hydrogen (secondary N) is 1. The molecule has 5 rings (SSSR count). The monoisotopic (exact) mass is 496 g/mol. The molecule has 186 valence electrons. The number of nitrogens with zero attached hydrogens (tertiary/aromatic N) is 3. The van der Waals surface area contributed by atoms with Crippen molar-refractivity contribution in [3.8, 4) is 5.75 Å². The van der Waals surface area contributed by atoms with Crippen LogP contribution in [0.15, 0.2) is 57.8 Å². The molecule has 0 aromatic heterocycles. The van der Waals surface area contributed by atoms with Gasteiger partial charge in [-0.3, -0.25) is 9.69 Å².